The summed E-state index contributed by atoms with van der Waals surface area (Å²) < 4.78 is 5.27. The van der Waals surface area contributed by atoms with Crippen LogP contribution in [0.4, 0.5) is 0 Å². The number of rotatable bonds is 4. The molecule has 0 aliphatic carbocycles. The summed E-state index contributed by atoms with van der Waals surface area (Å²) in [5, 5.41) is 0. The average molecular weight is 178 g/mol. The molecule has 2 N–H and O–H groups in total. The van der Waals surface area contributed by atoms with Crippen LogP contribution in [0.5, 0.6) is 0 Å². The third-order valence-electron chi connectivity index (χ3n) is 0.990. The molecule has 11 heavy (non-hydrogen) atoms. The van der Waals surface area contributed by atoms with Crippen molar-refractivity contribution in [1.29, 1.82) is 0 Å². The van der Waals surface area contributed by atoms with Gasteiger partial charge in [0.1, 0.15) is 0 Å². The number of halogens is 1. The number of hydrogen-bond donors (Lipinski definition) is 1. The van der Waals surface area contributed by atoms with Gasteiger partial charge in [0.2, 0.25) is 0 Å². The van der Waals surface area contributed by atoms with Gasteiger partial charge in [-0.3, -0.25) is 0 Å². The fraction of sp³-hybridized carbons (Fsp3) is 0.750. The normalized spacial score (nSPS) is 13.7. The maximum atomic E-state index is 5.69. The highest BCUT2D eigenvalue weighted by atomic mass is 35.5. The molecule has 0 radical (unpaired) electrons. The molecule has 0 saturated carbocycles. The maximum absolute atomic E-state index is 5.69. The molecule has 0 aromatic heterocycles. The second kappa shape index (κ2) is 4.75. The number of ether oxygens (including phenoxy) is 1. The van der Waals surface area contributed by atoms with Crippen LogP contribution in [0.1, 0.15) is 20.8 Å². The molecule has 3 heteroatoms. The first-order valence-electron chi connectivity index (χ1n) is 3.58. The molecule has 2 nitrogen and oxygen atoms in total. The van der Waals surface area contributed by atoms with Crippen molar-refractivity contribution >= 4 is 11.6 Å². The molecule has 0 spiro atoms. The van der Waals surface area contributed by atoms with Crippen LogP contribution in [-0.2, 0) is 4.74 Å². The van der Waals surface area contributed by atoms with Crippen molar-refractivity contribution in [2.45, 2.75) is 26.3 Å². The van der Waals surface area contributed by atoms with Gasteiger partial charge in [0.15, 0.2) is 0 Å². The summed E-state index contributed by atoms with van der Waals surface area (Å²) in [7, 11) is 0. The van der Waals surface area contributed by atoms with Crippen LogP contribution >= 0.6 is 11.6 Å². The Kier molecular flexibility index (Phi) is 4.73. The molecule has 0 atom stereocenters. The number of nitrogens with two attached hydrogens (primary N) is 1. The molecule has 0 aromatic carbocycles. The molecule has 0 fully saturated rings. The van der Waals surface area contributed by atoms with E-state index >= 15 is 0 Å². The van der Waals surface area contributed by atoms with Crippen molar-refractivity contribution < 1.29 is 4.74 Å². The zero-order chi connectivity index (χ0) is 8.91. The minimum Gasteiger partial charge on any atom is -0.375 e. The first-order chi connectivity index (χ1) is 4.95. The molecule has 0 heterocycles. The summed E-state index contributed by atoms with van der Waals surface area (Å²) in [6.45, 7) is 6.87. The van der Waals surface area contributed by atoms with Gasteiger partial charge in [0, 0.05) is 11.1 Å². The van der Waals surface area contributed by atoms with E-state index in [0.717, 1.165) is 5.57 Å². The summed E-state index contributed by atoms with van der Waals surface area (Å²) in [5.74, 6) is 0. The van der Waals surface area contributed by atoms with Crippen LogP contribution in [0, 0.1) is 0 Å². The lowest BCUT2D eigenvalue weighted by Gasteiger charge is -2.18. The monoisotopic (exact) mass is 177 g/mol. The van der Waals surface area contributed by atoms with E-state index < -0.39 is 0 Å². The Morgan fingerprint density at radius 1 is 1.64 bits per heavy atom. The first-order valence-corrected chi connectivity index (χ1v) is 4.02. The molecule has 0 rings (SSSR count). The average Bonchev–Trinajstić information content (AvgIpc) is 1.85. The largest absolute Gasteiger partial charge is 0.375 e. The minimum atomic E-state index is -0.257. The zero-order valence-electron chi connectivity index (χ0n) is 7.36. The fourth-order valence-electron chi connectivity index (χ4n) is 0.507. The van der Waals surface area contributed by atoms with Crippen LogP contribution in [-0.4, -0.2) is 18.8 Å². The van der Waals surface area contributed by atoms with Crippen LogP contribution < -0.4 is 5.73 Å². The zero-order valence-corrected chi connectivity index (χ0v) is 8.11. The van der Waals surface area contributed by atoms with Gasteiger partial charge in [-0.05, 0) is 26.3 Å². The SMILES string of the molecule is CC(=CCl)COCC(C)(C)N. The van der Waals surface area contributed by atoms with Gasteiger partial charge in [-0.1, -0.05) is 11.6 Å². The Balaban J connectivity index is 3.43. The fourth-order valence-corrected chi connectivity index (χ4v) is 0.570. The predicted molar refractivity (Wildman–Crippen MR) is 48.7 cm³/mol. The third kappa shape index (κ3) is 7.85. The molecule has 0 saturated heterocycles. The Morgan fingerprint density at radius 2 is 2.18 bits per heavy atom. The van der Waals surface area contributed by atoms with E-state index in [2.05, 4.69) is 0 Å². The van der Waals surface area contributed by atoms with E-state index in [1.165, 1.54) is 5.54 Å². The number of hydrogen-bond acceptors (Lipinski definition) is 2. The molecular formula is C8H16ClNO. The van der Waals surface area contributed by atoms with E-state index in [4.69, 9.17) is 22.1 Å². The van der Waals surface area contributed by atoms with E-state index in [9.17, 15) is 0 Å². The Hall–Kier alpha value is -0.0500. The molecule has 66 valence electrons. The smallest absolute Gasteiger partial charge is 0.0686 e. The second-order valence-electron chi connectivity index (χ2n) is 3.44. The van der Waals surface area contributed by atoms with Crippen LogP contribution in [0.2, 0.25) is 0 Å². The van der Waals surface area contributed by atoms with Crippen molar-refractivity contribution in [3.8, 4) is 0 Å². The molecular weight excluding hydrogens is 162 g/mol. The summed E-state index contributed by atoms with van der Waals surface area (Å²) in [5.41, 5.74) is 7.96. The first kappa shape index (κ1) is 11.0. The molecule has 0 aromatic rings. The highest BCUT2D eigenvalue weighted by Crippen LogP contribution is 2.00. The Labute approximate surface area is 73.4 Å². The molecule has 0 aliphatic heterocycles. The van der Waals surface area contributed by atoms with Gasteiger partial charge in [0.05, 0.1) is 13.2 Å². The van der Waals surface area contributed by atoms with E-state index in [1.807, 2.05) is 20.8 Å². The van der Waals surface area contributed by atoms with Gasteiger partial charge >= 0.3 is 0 Å². The second-order valence-corrected chi connectivity index (χ2v) is 3.66. The van der Waals surface area contributed by atoms with E-state index in [0.29, 0.717) is 13.2 Å². The standard InChI is InChI=1S/C8H16ClNO/c1-7(4-9)5-11-6-8(2,3)10/h4H,5-6,10H2,1-3H3. The lowest BCUT2D eigenvalue weighted by atomic mass is 10.1. The van der Waals surface area contributed by atoms with Crippen LogP contribution in [0.25, 0.3) is 0 Å². The van der Waals surface area contributed by atoms with Crippen molar-refractivity contribution in [2.75, 3.05) is 13.2 Å². The van der Waals surface area contributed by atoms with Gasteiger partial charge < -0.3 is 10.5 Å². The summed E-state index contributed by atoms with van der Waals surface area (Å²) in [6.07, 6.45) is 0. The molecule has 0 unspecified atom stereocenters. The van der Waals surface area contributed by atoms with Crippen molar-refractivity contribution in [2.24, 2.45) is 5.73 Å². The Bertz CT molecular complexity index is 138. The third-order valence-corrected chi connectivity index (χ3v) is 1.36. The minimum absolute atomic E-state index is 0.257. The van der Waals surface area contributed by atoms with Gasteiger partial charge in [-0.25, -0.2) is 0 Å². The predicted octanol–water partition coefficient (Wildman–Crippen LogP) is 1.88. The van der Waals surface area contributed by atoms with Crippen molar-refractivity contribution in [3.05, 3.63) is 11.1 Å². The summed E-state index contributed by atoms with van der Waals surface area (Å²) >= 11 is 5.43. The van der Waals surface area contributed by atoms with Gasteiger partial charge in [-0.15, -0.1) is 0 Å². The molecule has 0 amide bonds. The lowest BCUT2D eigenvalue weighted by molar-refractivity contribution is 0.115. The van der Waals surface area contributed by atoms with Crippen LogP contribution in [0.15, 0.2) is 11.1 Å². The highest BCUT2D eigenvalue weighted by Gasteiger charge is 2.09. The summed E-state index contributed by atoms with van der Waals surface area (Å²) in [4.78, 5) is 0. The van der Waals surface area contributed by atoms with Gasteiger partial charge in [0.25, 0.3) is 0 Å². The quantitative estimate of drug-likeness (QED) is 0.712. The van der Waals surface area contributed by atoms with Crippen molar-refractivity contribution in [3.63, 3.8) is 0 Å². The van der Waals surface area contributed by atoms with Crippen LogP contribution in [0.3, 0.4) is 0 Å². The summed E-state index contributed by atoms with van der Waals surface area (Å²) in [6, 6.07) is 0. The molecule has 0 bridgehead atoms. The van der Waals surface area contributed by atoms with E-state index in [-0.39, 0.29) is 5.54 Å². The maximum Gasteiger partial charge on any atom is 0.0686 e. The highest BCUT2D eigenvalue weighted by molar-refractivity contribution is 6.25. The van der Waals surface area contributed by atoms with E-state index in [1.54, 1.807) is 0 Å². The Morgan fingerprint density at radius 3 is 2.55 bits per heavy atom. The van der Waals surface area contributed by atoms with Crippen molar-refractivity contribution in [1.82, 2.24) is 0 Å². The lowest BCUT2D eigenvalue weighted by Crippen LogP contribution is -2.37. The topological polar surface area (TPSA) is 35.2 Å². The van der Waals surface area contributed by atoms with Gasteiger partial charge in [-0.2, -0.15) is 0 Å². The molecule has 0 aliphatic rings.